The Morgan fingerprint density at radius 1 is 1.43 bits per heavy atom. The zero-order chi connectivity index (χ0) is 16.4. The molecule has 8 nitrogen and oxygen atoms in total. The maximum Gasteiger partial charge on any atom is 0.230 e. The molecule has 1 heterocycles. The highest BCUT2D eigenvalue weighted by molar-refractivity contribution is 6.30. The average Bonchev–Trinajstić information content (AvgIpc) is 3.21. The molecule has 1 saturated carbocycles. The van der Waals surface area contributed by atoms with Crippen molar-refractivity contribution in [1.82, 2.24) is 15.5 Å². The second-order valence-corrected chi connectivity index (χ2v) is 5.69. The van der Waals surface area contributed by atoms with Gasteiger partial charge < -0.3 is 9.84 Å². The normalized spacial score (nSPS) is 19.3. The molecule has 1 aliphatic rings. The summed E-state index contributed by atoms with van der Waals surface area (Å²) in [5, 5.41) is 17.6. The Hall–Kier alpha value is -2.48. The molecule has 1 N–H and O–H groups in total. The number of hydrogen-bond donors (Lipinski definition) is 1. The van der Waals surface area contributed by atoms with E-state index < -0.39 is 16.9 Å². The van der Waals surface area contributed by atoms with Crippen LogP contribution in [0, 0.1) is 16.0 Å². The molecule has 0 radical (unpaired) electrons. The highest BCUT2D eigenvalue weighted by Crippen LogP contribution is 2.32. The lowest BCUT2D eigenvalue weighted by Gasteiger charge is -2.00. The van der Waals surface area contributed by atoms with E-state index in [1.54, 1.807) is 24.3 Å². The smallest absolute Gasteiger partial charge is 0.230 e. The summed E-state index contributed by atoms with van der Waals surface area (Å²) in [5.41, 5.74) is 0.778. The van der Waals surface area contributed by atoms with Crippen LogP contribution in [-0.2, 0) is 11.2 Å². The van der Waals surface area contributed by atoms with Gasteiger partial charge in [-0.15, -0.1) is 0 Å². The minimum absolute atomic E-state index is 0.294. The molecule has 1 amide bonds. The van der Waals surface area contributed by atoms with Gasteiger partial charge in [-0.2, -0.15) is 4.98 Å². The molecule has 0 aliphatic heterocycles. The fourth-order valence-corrected chi connectivity index (χ4v) is 2.32. The van der Waals surface area contributed by atoms with Gasteiger partial charge in [-0.3, -0.25) is 14.9 Å². The molecule has 9 heteroatoms. The van der Waals surface area contributed by atoms with E-state index in [2.05, 4.69) is 15.5 Å². The lowest BCUT2D eigenvalue weighted by molar-refractivity contribution is -0.497. The first kappa shape index (κ1) is 15.4. The Morgan fingerprint density at radius 2 is 2.17 bits per heavy atom. The largest absolute Gasteiger partial charge is 0.355 e. The topological polar surface area (TPSA) is 111 Å². The molecule has 3 rings (SSSR count). The number of benzene rings is 1. The molecule has 2 aromatic rings. The van der Waals surface area contributed by atoms with Crippen LogP contribution in [-0.4, -0.2) is 33.6 Å². The van der Waals surface area contributed by atoms with Crippen molar-refractivity contribution < 1.29 is 14.2 Å². The third kappa shape index (κ3) is 3.65. The zero-order valence-corrected chi connectivity index (χ0v) is 12.7. The molecule has 1 aliphatic carbocycles. The SMILES string of the molecule is O=C(NCCc1nc(-c2ccc(Cl)cc2)no1)[C@@H]1C[C@@H]1[N+](=O)[O-]. The number of nitro groups is 1. The first-order valence-corrected chi connectivity index (χ1v) is 7.42. The van der Waals surface area contributed by atoms with Crippen LogP contribution in [0.3, 0.4) is 0 Å². The number of rotatable bonds is 6. The summed E-state index contributed by atoms with van der Waals surface area (Å²) in [5.74, 6) is 0.0110. The van der Waals surface area contributed by atoms with Crippen molar-refractivity contribution in [1.29, 1.82) is 0 Å². The number of nitrogens with zero attached hydrogens (tertiary/aromatic N) is 3. The molecule has 1 aromatic carbocycles. The summed E-state index contributed by atoms with van der Waals surface area (Å²) in [6, 6.07) is 6.28. The minimum Gasteiger partial charge on any atom is -0.355 e. The van der Waals surface area contributed by atoms with Gasteiger partial charge in [0, 0.05) is 34.9 Å². The number of hydrogen-bond acceptors (Lipinski definition) is 6. The van der Waals surface area contributed by atoms with Gasteiger partial charge in [0.1, 0.15) is 5.92 Å². The van der Waals surface area contributed by atoms with Crippen molar-refractivity contribution in [3.8, 4) is 11.4 Å². The monoisotopic (exact) mass is 336 g/mol. The molecular formula is C14H13ClN4O4. The van der Waals surface area contributed by atoms with E-state index in [0.29, 0.717) is 36.1 Å². The molecule has 2 atom stereocenters. The Balaban J connectivity index is 1.49. The van der Waals surface area contributed by atoms with Gasteiger partial charge in [-0.1, -0.05) is 16.8 Å². The predicted octanol–water partition coefficient (Wildman–Crippen LogP) is 1.71. The number of nitrogens with one attached hydrogen (secondary N) is 1. The van der Waals surface area contributed by atoms with Gasteiger partial charge in [0.25, 0.3) is 0 Å². The van der Waals surface area contributed by atoms with Crippen LogP contribution in [0.4, 0.5) is 0 Å². The Morgan fingerprint density at radius 3 is 2.83 bits per heavy atom. The van der Waals surface area contributed by atoms with E-state index in [0.717, 1.165) is 5.56 Å². The van der Waals surface area contributed by atoms with Gasteiger partial charge >= 0.3 is 0 Å². The van der Waals surface area contributed by atoms with Gasteiger partial charge in [0.2, 0.25) is 23.7 Å². The highest BCUT2D eigenvalue weighted by atomic mass is 35.5. The highest BCUT2D eigenvalue weighted by Gasteiger charge is 2.53. The van der Waals surface area contributed by atoms with Crippen LogP contribution in [0.2, 0.25) is 5.02 Å². The first-order valence-electron chi connectivity index (χ1n) is 7.04. The first-order chi connectivity index (χ1) is 11.0. The van der Waals surface area contributed by atoms with E-state index in [9.17, 15) is 14.9 Å². The third-order valence-corrected chi connectivity index (χ3v) is 3.82. The Bertz CT molecular complexity index is 731. The van der Waals surface area contributed by atoms with Crippen LogP contribution in [0.1, 0.15) is 12.3 Å². The lowest BCUT2D eigenvalue weighted by Crippen LogP contribution is -2.29. The fraction of sp³-hybridized carbons (Fsp3) is 0.357. The second kappa shape index (κ2) is 6.33. The third-order valence-electron chi connectivity index (χ3n) is 3.57. The maximum atomic E-state index is 11.7. The summed E-state index contributed by atoms with van der Waals surface area (Å²) < 4.78 is 5.11. The Kier molecular flexibility index (Phi) is 4.24. The number of amides is 1. The van der Waals surface area contributed by atoms with Crippen LogP contribution in [0.15, 0.2) is 28.8 Å². The van der Waals surface area contributed by atoms with E-state index in [1.807, 2.05) is 0 Å². The molecule has 0 saturated heterocycles. The molecular weight excluding hydrogens is 324 g/mol. The van der Waals surface area contributed by atoms with Crippen molar-refractivity contribution in [2.75, 3.05) is 6.54 Å². The average molecular weight is 337 g/mol. The van der Waals surface area contributed by atoms with Crippen LogP contribution in [0.25, 0.3) is 11.4 Å². The molecule has 0 spiro atoms. The van der Waals surface area contributed by atoms with Crippen LogP contribution < -0.4 is 5.32 Å². The summed E-state index contributed by atoms with van der Waals surface area (Å²) in [7, 11) is 0. The van der Waals surface area contributed by atoms with E-state index in [1.165, 1.54) is 0 Å². The molecule has 1 aromatic heterocycles. The quantitative estimate of drug-likeness (QED) is 0.635. The molecule has 0 unspecified atom stereocenters. The maximum absolute atomic E-state index is 11.7. The number of aromatic nitrogens is 2. The minimum atomic E-state index is -0.741. The van der Waals surface area contributed by atoms with Crippen molar-refractivity contribution in [2.24, 2.45) is 5.92 Å². The van der Waals surface area contributed by atoms with Crippen LogP contribution >= 0.6 is 11.6 Å². The van der Waals surface area contributed by atoms with Gasteiger partial charge in [0.15, 0.2) is 0 Å². The lowest BCUT2D eigenvalue weighted by atomic mass is 10.2. The standard InChI is InChI=1S/C14H13ClN4O4/c15-9-3-1-8(2-4-9)13-17-12(23-18-13)5-6-16-14(20)10-7-11(10)19(21)22/h1-4,10-11H,5-7H2,(H,16,20)/t10-,11+/m1/s1. The molecule has 120 valence electrons. The molecule has 0 bridgehead atoms. The van der Waals surface area contributed by atoms with Crippen molar-refractivity contribution in [3.05, 3.63) is 45.3 Å². The summed E-state index contributed by atoms with van der Waals surface area (Å²) in [4.78, 5) is 26.0. The number of carbonyl (C=O) groups excluding carboxylic acids is 1. The summed E-state index contributed by atoms with van der Waals surface area (Å²) in [6.45, 7) is 0.294. The zero-order valence-electron chi connectivity index (χ0n) is 11.9. The number of carbonyl (C=O) groups is 1. The van der Waals surface area contributed by atoms with Gasteiger partial charge in [-0.25, -0.2) is 0 Å². The molecule has 1 fully saturated rings. The second-order valence-electron chi connectivity index (χ2n) is 5.25. The van der Waals surface area contributed by atoms with Gasteiger partial charge in [0.05, 0.1) is 0 Å². The van der Waals surface area contributed by atoms with Crippen molar-refractivity contribution >= 4 is 17.5 Å². The molecule has 23 heavy (non-hydrogen) atoms. The summed E-state index contributed by atoms with van der Waals surface area (Å²) >= 11 is 5.82. The predicted molar refractivity (Wildman–Crippen MR) is 80.3 cm³/mol. The van der Waals surface area contributed by atoms with E-state index in [4.69, 9.17) is 16.1 Å². The Labute approximate surface area is 136 Å². The van der Waals surface area contributed by atoms with Crippen molar-refractivity contribution in [2.45, 2.75) is 18.9 Å². The fourth-order valence-electron chi connectivity index (χ4n) is 2.19. The van der Waals surface area contributed by atoms with Gasteiger partial charge in [-0.05, 0) is 24.3 Å². The van der Waals surface area contributed by atoms with E-state index in [-0.39, 0.29) is 5.91 Å². The van der Waals surface area contributed by atoms with Crippen molar-refractivity contribution in [3.63, 3.8) is 0 Å². The number of halogens is 1. The van der Waals surface area contributed by atoms with E-state index >= 15 is 0 Å². The summed E-state index contributed by atoms with van der Waals surface area (Å²) in [6.07, 6.45) is 0.669. The van der Waals surface area contributed by atoms with Crippen LogP contribution in [0.5, 0.6) is 0 Å².